The van der Waals surface area contributed by atoms with Gasteiger partial charge in [0.1, 0.15) is 6.29 Å². The summed E-state index contributed by atoms with van der Waals surface area (Å²) in [4.78, 5) is 13.2. The van der Waals surface area contributed by atoms with E-state index in [0.29, 0.717) is 0 Å². The van der Waals surface area contributed by atoms with Gasteiger partial charge in [0.2, 0.25) is 0 Å². The Hall–Kier alpha value is -1.31. The van der Waals surface area contributed by atoms with Gasteiger partial charge in [0.05, 0.1) is 0 Å². The molecule has 0 spiro atoms. The van der Waals surface area contributed by atoms with Crippen molar-refractivity contribution < 1.29 is 4.79 Å². The summed E-state index contributed by atoms with van der Waals surface area (Å²) in [5.74, 6) is 0.853. The molecule has 86 valence electrons. The third-order valence-electron chi connectivity index (χ3n) is 3.53. The lowest BCUT2D eigenvalue weighted by atomic mass is 9.98. The SMILES string of the molecule is Cc1cc(N2CCC(C)CC2)ccc1C=O. The van der Waals surface area contributed by atoms with Crippen molar-refractivity contribution in [1.82, 2.24) is 0 Å². The Morgan fingerprint density at radius 3 is 2.56 bits per heavy atom. The topological polar surface area (TPSA) is 20.3 Å². The zero-order valence-corrected chi connectivity index (χ0v) is 10.1. The van der Waals surface area contributed by atoms with Crippen molar-refractivity contribution in [1.29, 1.82) is 0 Å². The molecule has 1 heterocycles. The number of aryl methyl sites for hydroxylation is 1. The summed E-state index contributed by atoms with van der Waals surface area (Å²) in [7, 11) is 0. The largest absolute Gasteiger partial charge is 0.372 e. The minimum absolute atomic E-state index is 0.800. The number of carbonyl (C=O) groups excluding carboxylic acids is 1. The molecule has 1 aromatic carbocycles. The van der Waals surface area contributed by atoms with Crippen LogP contribution in [0, 0.1) is 12.8 Å². The number of hydrogen-bond donors (Lipinski definition) is 0. The summed E-state index contributed by atoms with van der Waals surface area (Å²) in [6.45, 7) is 6.60. The second kappa shape index (κ2) is 4.69. The number of anilines is 1. The molecule has 1 aromatic rings. The maximum absolute atomic E-state index is 10.7. The van der Waals surface area contributed by atoms with Gasteiger partial charge in [-0.1, -0.05) is 6.92 Å². The molecule has 0 bridgehead atoms. The van der Waals surface area contributed by atoms with Gasteiger partial charge >= 0.3 is 0 Å². The van der Waals surface area contributed by atoms with Crippen LogP contribution < -0.4 is 4.90 Å². The normalized spacial score (nSPS) is 17.5. The third-order valence-corrected chi connectivity index (χ3v) is 3.53. The fraction of sp³-hybridized carbons (Fsp3) is 0.500. The molecule has 2 nitrogen and oxygen atoms in total. The van der Waals surface area contributed by atoms with Crippen LogP contribution in [0.1, 0.15) is 35.7 Å². The lowest BCUT2D eigenvalue weighted by Crippen LogP contribution is -2.32. The maximum Gasteiger partial charge on any atom is 0.150 e. The van der Waals surface area contributed by atoms with Gasteiger partial charge in [-0.3, -0.25) is 4.79 Å². The summed E-state index contributed by atoms with van der Waals surface area (Å²) in [5.41, 5.74) is 3.13. The fourth-order valence-corrected chi connectivity index (χ4v) is 2.26. The standard InChI is InChI=1S/C14H19NO/c1-11-5-7-15(8-6-11)14-4-3-13(10-16)12(2)9-14/h3-4,9-11H,5-8H2,1-2H3. The fourth-order valence-electron chi connectivity index (χ4n) is 2.26. The van der Waals surface area contributed by atoms with Crippen LogP contribution in [-0.2, 0) is 0 Å². The zero-order valence-electron chi connectivity index (χ0n) is 10.1. The predicted octanol–water partition coefficient (Wildman–Crippen LogP) is 3.04. The van der Waals surface area contributed by atoms with Crippen LogP contribution >= 0.6 is 0 Å². The summed E-state index contributed by atoms with van der Waals surface area (Å²) in [5, 5.41) is 0. The minimum Gasteiger partial charge on any atom is -0.372 e. The van der Waals surface area contributed by atoms with E-state index >= 15 is 0 Å². The highest BCUT2D eigenvalue weighted by Gasteiger charge is 2.16. The molecule has 16 heavy (non-hydrogen) atoms. The van der Waals surface area contributed by atoms with E-state index in [1.165, 1.54) is 18.5 Å². The first-order chi connectivity index (χ1) is 7.70. The summed E-state index contributed by atoms with van der Waals surface area (Å²) in [6, 6.07) is 6.11. The average molecular weight is 217 g/mol. The number of benzene rings is 1. The van der Waals surface area contributed by atoms with Gasteiger partial charge in [0.15, 0.2) is 0 Å². The first-order valence-electron chi connectivity index (χ1n) is 6.01. The van der Waals surface area contributed by atoms with Crippen molar-refractivity contribution in [3.63, 3.8) is 0 Å². The van der Waals surface area contributed by atoms with Crippen LogP contribution in [0.2, 0.25) is 0 Å². The van der Waals surface area contributed by atoms with Crippen LogP contribution in [0.4, 0.5) is 5.69 Å². The quantitative estimate of drug-likeness (QED) is 0.710. The zero-order chi connectivity index (χ0) is 11.5. The molecule has 0 N–H and O–H groups in total. The highest BCUT2D eigenvalue weighted by atomic mass is 16.1. The van der Waals surface area contributed by atoms with Crippen molar-refractivity contribution in [2.45, 2.75) is 26.7 Å². The predicted molar refractivity (Wildman–Crippen MR) is 67.2 cm³/mol. The van der Waals surface area contributed by atoms with Gasteiger partial charge in [-0.15, -0.1) is 0 Å². The van der Waals surface area contributed by atoms with Gasteiger partial charge < -0.3 is 4.90 Å². The van der Waals surface area contributed by atoms with Crippen molar-refractivity contribution >= 4 is 12.0 Å². The third kappa shape index (κ3) is 2.26. The van der Waals surface area contributed by atoms with Gasteiger partial charge in [-0.25, -0.2) is 0 Å². The second-order valence-corrected chi connectivity index (χ2v) is 4.83. The van der Waals surface area contributed by atoms with Crippen LogP contribution in [0.3, 0.4) is 0 Å². The number of piperidine rings is 1. The summed E-state index contributed by atoms with van der Waals surface area (Å²) < 4.78 is 0. The lowest BCUT2D eigenvalue weighted by molar-refractivity contribution is 0.112. The lowest BCUT2D eigenvalue weighted by Gasteiger charge is -2.32. The van der Waals surface area contributed by atoms with Crippen LogP contribution in [0.25, 0.3) is 0 Å². The second-order valence-electron chi connectivity index (χ2n) is 4.83. The first kappa shape index (κ1) is 11.2. The molecule has 1 saturated heterocycles. The first-order valence-corrected chi connectivity index (χ1v) is 6.01. The molecule has 0 saturated carbocycles. The van der Waals surface area contributed by atoms with Gasteiger partial charge in [-0.2, -0.15) is 0 Å². The van der Waals surface area contributed by atoms with Crippen LogP contribution in [-0.4, -0.2) is 19.4 Å². The van der Waals surface area contributed by atoms with Gasteiger partial charge in [0.25, 0.3) is 0 Å². The summed E-state index contributed by atoms with van der Waals surface area (Å²) >= 11 is 0. The molecular weight excluding hydrogens is 198 g/mol. The highest BCUT2D eigenvalue weighted by Crippen LogP contribution is 2.24. The Morgan fingerprint density at radius 1 is 1.31 bits per heavy atom. The van der Waals surface area contributed by atoms with Crippen molar-refractivity contribution in [2.75, 3.05) is 18.0 Å². The van der Waals surface area contributed by atoms with Gasteiger partial charge in [0, 0.05) is 24.3 Å². The van der Waals surface area contributed by atoms with E-state index in [9.17, 15) is 4.79 Å². The molecule has 0 aromatic heterocycles. The van der Waals surface area contributed by atoms with E-state index in [-0.39, 0.29) is 0 Å². The Kier molecular flexibility index (Phi) is 3.28. The maximum atomic E-state index is 10.7. The van der Waals surface area contributed by atoms with E-state index in [1.807, 2.05) is 13.0 Å². The van der Waals surface area contributed by atoms with E-state index in [2.05, 4.69) is 24.0 Å². The highest BCUT2D eigenvalue weighted by molar-refractivity contribution is 5.78. The Balaban J connectivity index is 2.15. The van der Waals surface area contributed by atoms with Crippen LogP contribution in [0.5, 0.6) is 0 Å². The van der Waals surface area contributed by atoms with E-state index in [1.54, 1.807) is 0 Å². The number of carbonyl (C=O) groups is 1. The summed E-state index contributed by atoms with van der Waals surface area (Å²) in [6.07, 6.45) is 3.47. The molecule has 1 aliphatic rings. The molecule has 0 atom stereocenters. The Bertz CT molecular complexity index is 378. The van der Waals surface area contributed by atoms with Crippen molar-refractivity contribution in [2.24, 2.45) is 5.92 Å². The number of nitrogens with zero attached hydrogens (tertiary/aromatic N) is 1. The molecule has 2 heteroatoms. The Labute approximate surface area is 97.3 Å². The number of rotatable bonds is 2. The molecule has 1 fully saturated rings. The molecule has 0 aliphatic carbocycles. The van der Waals surface area contributed by atoms with Gasteiger partial charge in [-0.05, 0) is 49.4 Å². The number of hydrogen-bond acceptors (Lipinski definition) is 2. The van der Waals surface area contributed by atoms with Crippen LogP contribution in [0.15, 0.2) is 18.2 Å². The Morgan fingerprint density at radius 2 is 2.00 bits per heavy atom. The molecule has 0 unspecified atom stereocenters. The molecule has 0 radical (unpaired) electrons. The monoisotopic (exact) mass is 217 g/mol. The minimum atomic E-state index is 0.800. The van der Waals surface area contributed by atoms with E-state index < -0.39 is 0 Å². The molecule has 0 amide bonds. The molecule has 2 rings (SSSR count). The molecular formula is C14H19NO. The van der Waals surface area contributed by atoms with E-state index in [0.717, 1.165) is 36.4 Å². The smallest absolute Gasteiger partial charge is 0.150 e. The van der Waals surface area contributed by atoms with E-state index in [4.69, 9.17) is 0 Å². The van der Waals surface area contributed by atoms with Crippen molar-refractivity contribution in [3.8, 4) is 0 Å². The number of aldehydes is 1. The molecule has 1 aliphatic heterocycles. The van der Waals surface area contributed by atoms with Crippen molar-refractivity contribution in [3.05, 3.63) is 29.3 Å². The average Bonchev–Trinajstić information content (AvgIpc) is 2.30.